The van der Waals surface area contributed by atoms with Crippen LogP contribution in [0.15, 0.2) is 71.7 Å². The molecule has 3 aromatic carbocycles. The molecule has 2 atom stereocenters. The van der Waals surface area contributed by atoms with Crippen molar-refractivity contribution in [2.24, 2.45) is 4.99 Å². The fourth-order valence-electron chi connectivity index (χ4n) is 5.17. The van der Waals surface area contributed by atoms with Gasteiger partial charge < -0.3 is 19.7 Å². The van der Waals surface area contributed by atoms with Crippen LogP contribution >= 0.6 is 11.6 Å². The molecule has 0 unspecified atom stereocenters. The van der Waals surface area contributed by atoms with Crippen molar-refractivity contribution in [3.63, 3.8) is 0 Å². The third-order valence-corrected chi connectivity index (χ3v) is 7.22. The summed E-state index contributed by atoms with van der Waals surface area (Å²) in [5, 5.41) is 3.40. The fourth-order valence-corrected chi connectivity index (χ4v) is 5.29. The highest BCUT2D eigenvalue weighted by Gasteiger charge is 2.45. The molecule has 0 spiro atoms. The largest absolute Gasteiger partial charge is 0.497 e. The number of carbonyl (C=O) groups excluding carboxylic acids is 2. The van der Waals surface area contributed by atoms with E-state index in [0.717, 1.165) is 16.7 Å². The first-order valence-corrected chi connectivity index (χ1v) is 13.7. The van der Waals surface area contributed by atoms with E-state index in [-0.39, 0.29) is 24.6 Å². The molecule has 0 bridgehead atoms. The Morgan fingerprint density at radius 2 is 1.85 bits per heavy atom. The zero-order chi connectivity index (χ0) is 28.4. The molecule has 0 saturated carbocycles. The highest BCUT2D eigenvalue weighted by Crippen LogP contribution is 2.45. The van der Waals surface area contributed by atoms with Gasteiger partial charge in [-0.05, 0) is 56.2 Å². The van der Waals surface area contributed by atoms with Crippen LogP contribution in [0.25, 0.3) is 0 Å². The number of ether oxygens (including phenoxy) is 2. The fraction of sp³-hybridized carbons (Fsp3) is 0.323. The number of halogens is 1. The number of urea groups is 1. The minimum atomic E-state index is -0.486. The number of hydrogen-bond donors (Lipinski definition) is 1. The third-order valence-electron chi connectivity index (χ3n) is 6.97. The molecule has 208 valence electrons. The average molecular weight is 561 g/mol. The Balaban J connectivity index is 1.72. The first-order valence-electron chi connectivity index (χ1n) is 13.3. The smallest absolute Gasteiger partial charge is 0.326 e. The van der Waals surface area contributed by atoms with Crippen LogP contribution in [-0.2, 0) is 4.79 Å². The second-order valence-electron chi connectivity index (χ2n) is 10.3. The molecule has 0 aliphatic carbocycles. The lowest BCUT2D eigenvalue weighted by molar-refractivity contribution is -0.123. The Morgan fingerprint density at radius 3 is 2.52 bits per heavy atom. The van der Waals surface area contributed by atoms with Crippen LogP contribution in [-0.4, -0.2) is 60.4 Å². The van der Waals surface area contributed by atoms with Crippen LogP contribution < -0.4 is 14.8 Å². The van der Waals surface area contributed by atoms with Gasteiger partial charge in [0.05, 0.1) is 24.8 Å². The molecule has 1 N–H and O–H groups in total. The summed E-state index contributed by atoms with van der Waals surface area (Å²) in [7, 11) is 1.60. The summed E-state index contributed by atoms with van der Waals surface area (Å²) >= 11 is 6.26. The number of methoxy groups -OCH3 is 1. The van der Waals surface area contributed by atoms with E-state index in [1.165, 1.54) is 0 Å². The highest BCUT2D eigenvalue weighted by atomic mass is 35.5. The van der Waals surface area contributed by atoms with Crippen molar-refractivity contribution in [1.29, 1.82) is 0 Å². The zero-order valence-electron chi connectivity index (χ0n) is 23.1. The highest BCUT2D eigenvalue weighted by molar-refractivity contribution is 6.30. The lowest BCUT2D eigenvalue weighted by atomic mass is 9.93. The predicted molar refractivity (Wildman–Crippen MR) is 155 cm³/mol. The van der Waals surface area contributed by atoms with E-state index < -0.39 is 12.1 Å². The van der Waals surface area contributed by atoms with Crippen LogP contribution in [0.1, 0.15) is 48.2 Å². The van der Waals surface area contributed by atoms with Crippen molar-refractivity contribution in [3.05, 3.63) is 94.0 Å². The third kappa shape index (κ3) is 5.63. The van der Waals surface area contributed by atoms with Gasteiger partial charge in [0.1, 0.15) is 29.9 Å². The Labute approximate surface area is 239 Å². The molecule has 0 aromatic heterocycles. The van der Waals surface area contributed by atoms with E-state index in [1.807, 2.05) is 81.4 Å². The Hall–Kier alpha value is -4.04. The van der Waals surface area contributed by atoms with Gasteiger partial charge in [-0.25, -0.2) is 4.79 Å². The standard InChI is InChI=1S/C31H33ClN4O4/c1-19(2)40-26-17-24(39-4)12-13-25(26)30-34-28(22-7-5-6-20(3)16-22)29(21-8-10-23(32)11-9-21)36(30)31(38)35-15-14-33-27(37)18-35/h5-13,16-17,19,28-29H,14-15,18H2,1-4H3,(H,33,37)/t28-,29+/m0/s1. The van der Waals surface area contributed by atoms with Gasteiger partial charge in [0, 0.05) is 24.2 Å². The number of rotatable bonds is 6. The lowest BCUT2D eigenvalue weighted by Gasteiger charge is -2.36. The summed E-state index contributed by atoms with van der Waals surface area (Å²) in [6.07, 6.45) is -0.123. The Kier molecular flexibility index (Phi) is 7.98. The number of aryl methyl sites for hydroxylation is 1. The van der Waals surface area contributed by atoms with Gasteiger partial charge in [-0.3, -0.25) is 14.7 Å². The number of piperazine rings is 1. The van der Waals surface area contributed by atoms with E-state index in [2.05, 4.69) is 11.4 Å². The molecule has 2 aliphatic heterocycles. The molecule has 9 heteroatoms. The van der Waals surface area contributed by atoms with Gasteiger partial charge in [-0.1, -0.05) is 53.6 Å². The topological polar surface area (TPSA) is 83.5 Å². The number of hydrogen-bond acceptors (Lipinski definition) is 5. The first-order chi connectivity index (χ1) is 19.2. The van der Waals surface area contributed by atoms with E-state index in [0.29, 0.717) is 41.0 Å². The van der Waals surface area contributed by atoms with Crippen LogP contribution in [0.3, 0.4) is 0 Å². The summed E-state index contributed by atoms with van der Waals surface area (Å²) in [5.74, 6) is 1.47. The van der Waals surface area contributed by atoms with Gasteiger partial charge in [-0.2, -0.15) is 0 Å². The summed E-state index contributed by atoms with van der Waals surface area (Å²) in [4.78, 5) is 35.2. The Morgan fingerprint density at radius 1 is 1.07 bits per heavy atom. The number of benzene rings is 3. The maximum absolute atomic E-state index is 14.4. The maximum atomic E-state index is 14.4. The van der Waals surface area contributed by atoms with Crippen molar-refractivity contribution in [1.82, 2.24) is 15.1 Å². The molecule has 0 radical (unpaired) electrons. The first kappa shape index (κ1) is 27.5. The van der Waals surface area contributed by atoms with Crippen LogP contribution in [0, 0.1) is 6.92 Å². The van der Waals surface area contributed by atoms with Gasteiger partial charge in [0.25, 0.3) is 0 Å². The maximum Gasteiger partial charge on any atom is 0.326 e. The Bertz CT molecular complexity index is 1440. The number of aliphatic imine (C=N–C) groups is 1. The van der Waals surface area contributed by atoms with Crippen molar-refractivity contribution in [2.45, 2.75) is 39.0 Å². The van der Waals surface area contributed by atoms with Crippen LogP contribution in [0.2, 0.25) is 5.02 Å². The molecular formula is C31H33ClN4O4. The molecule has 1 saturated heterocycles. The van der Waals surface area contributed by atoms with Crippen molar-refractivity contribution >= 4 is 29.4 Å². The van der Waals surface area contributed by atoms with Gasteiger partial charge in [-0.15, -0.1) is 0 Å². The molecule has 2 heterocycles. The van der Waals surface area contributed by atoms with Crippen LogP contribution in [0.5, 0.6) is 11.5 Å². The normalized spacial score (nSPS) is 18.9. The van der Waals surface area contributed by atoms with E-state index in [9.17, 15) is 9.59 Å². The number of carbonyl (C=O) groups is 2. The van der Waals surface area contributed by atoms with E-state index >= 15 is 0 Å². The zero-order valence-corrected chi connectivity index (χ0v) is 23.8. The predicted octanol–water partition coefficient (Wildman–Crippen LogP) is 5.54. The summed E-state index contributed by atoms with van der Waals surface area (Å²) in [6.45, 7) is 6.69. The van der Waals surface area contributed by atoms with Crippen molar-refractivity contribution < 1.29 is 19.1 Å². The van der Waals surface area contributed by atoms with E-state index in [1.54, 1.807) is 16.9 Å². The number of nitrogens with one attached hydrogen (secondary N) is 1. The van der Waals surface area contributed by atoms with Gasteiger partial charge >= 0.3 is 6.03 Å². The second-order valence-corrected chi connectivity index (χ2v) is 10.7. The van der Waals surface area contributed by atoms with Crippen LogP contribution in [0.4, 0.5) is 4.79 Å². The molecular weight excluding hydrogens is 528 g/mol. The molecule has 1 fully saturated rings. The monoisotopic (exact) mass is 560 g/mol. The lowest BCUT2D eigenvalue weighted by Crippen LogP contribution is -2.55. The molecule has 5 rings (SSSR count). The van der Waals surface area contributed by atoms with Gasteiger partial charge in [0.2, 0.25) is 5.91 Å². The quantitative estimate of drug-likeness (QED) is 0.429. The minimum Gasteiger partial charge on any atom is -0.497 e. The van der Waals surface area contributed by atoms with Gasteiger partial charge in [0.15, 0.2) is 0 Å². The molecule has 2 aliphatic rings. The molecule has 3 amide bonds. The SMILES string of the molecule is COc1ccc(C2=N[C@@H](c3cccc(C)c3)[C@@H](c3ccc(Cl)cc3)N2C(=O)N2CCNC(=O)C2)c(OC(C)C)c1. The molecule has 3 aromatic rings. The number of nitrogens with zero attached hydrogens (tertiary/aromatic N) is 3. The number of amidine groups is 1. The minimum absolute atomic E-state index is 0.0248. The second kappa shape index (κ2) is 11.6. The summed E-state index contributed by atoms with van der Waals surface area (Å²) in [6, 6.07) is 20.0. The average Bonchev–Trinajstić information content (AvgIpc) is 3.33. The van der Waals surface area contributed by atoms with Crippen molar-refractivity contribution in [3.8, 4) is 11.5 Å². The molecule has 8 nitrogen and oxygen atoms in total. The molecule has 40 heavy (non-hydrogen) atoms. The van der Waals surface area contributed by atoms with E-state index in [4.69, 9.17) is 26.1 Å². The van der Waals surface area contributed by atoms with Crippen molar-refractivity contribution in [2.75, 3.05) is 26.7 Å². The number of amides is 3. The summed E-state index contributed by atoms with van der Waals surface area (Å²) < 4.78 is 11.7. The summed E-state index contributed by atoms with van der Waals surface area (Å²) in [5.41, 5.74) is 3.61.